The lowest BCUT2D eigenvalue weighted by atomic mass is 9.70. The van der Waals surface area contributed by atoms with Crippen molar-refractivity contribution in [2.75, 3.05) is 0 Å². The lowest BCUT2D eigenvalue weighted by Gasteiger charge is -2.35. The van der Waals surface area contributed by atoms with Gasteiger partial charge in [0.1, 0.15) is 0 Å². The Kier molecular flexibility index (Phi) is 7.20. The topological polar surface area (TPSA) is 0 Å². The smallest absolute Gasteiger partial charge is 0.0195 e. The summed E-state index contributed by atoms with van der Waals surface area (Å²) in [4.78, 5) is 0. The Hall–Kier alpha value is -0.520. The van der Waals surface area contributed by atoms with Crippen LogP contribution in [0, 0.1) is 47.3 Å². The third kappa shape index (κ3) is 4.62. The van der Waals surface area contributed by atoms with E-state index in [1.165, 1.54) is 51.4 Å². The lowest BCUT2D eigenvalue weighted by molar-refractivity contribution is 0.200. The van der Waals surface area contributed by atoms with E-state index in [1.807, 2.05) is 5.57 Å². The molecule has 0 heteroatoms. The van der Waals surface area contributed by atoms with Crippen molar-refractivity contribution in [3.05, 3.63) is 22.3 Å². The number of hydrogen-bond acceptors (Lipinski definition) is 0. The molecule has 4 fully saturated rings. The molecule has 4 unspecified atom stereocenters. The Bertz CT molecular complexity index is 562. The molecule has 0 nitrogen and oxygen atoms in total. The van der Waals surface area contributed by atoms with E-state index in [0.717, 1.165) is 47.3 Å². The zero-order valence-electron chi connectivity index (χ0n) is 20.3. The van der Waals surface area contributed by atoms with E-state index in [9.17, 15) is 0 Å². The molecule has 0 aromatic carbocycles. The van der Waals surface area contributed by atoms with Gasteiger partial charge in [-0.25, -0.2) is 0 Å². The molecule has 160 valence electrons. The zero-order valence-corrected chi connectivity index (χ0v) is 20.3. The summed E-state index contributed by atoms with van der Waals surface area (Å²) in [6.07, 6.45) is 11.8. The fraction of sp³-hybridized carbons (Fsp3) is 0.857. The fourth-order valence-corrected chi connectivity index (χ4v) is 7.61. The van der Waals surface area contributed by atoms with Crippen LogP contribution in [0.4, 0.5) is 0 Å². The van der Waals surface area contributed by atoms with Gasteiger partial charge in [0.2, 0.25) is 0 Å². The van der Waals surface area contributed by atoms with Gasteiger partial charge in [0.25, 0.3) is 0 Å². The molecule has 0 saturated heterocycles. The Morgan fingerprint density at radius 2 is 1.18 bits per heavy atom. The standard InChI is InChI=1S/2C14H24/c2*1-9(2)13-7-11-5-6-12(8-13)14(11)10(3)4/h10-12,14H,5-8H2,1-4H3;9,11-13H,5-8H2,1-4H3. The van der Waals surface area contributed by atoms with Crippen LogP contribution in [0.1, 0.15) is 107 Å². The van der Waals surface area contributed by atoms with Crippen molar-refractivity contribution < 1.29 is 0 Å². The fourth-order valence-electron chi connectivity index (χ4n) is 7.61. The third-order valence-electron chi connectivity index (χ3n) is 8.93. The van der Waals surface area contributed by atoms with E-state index in [0.29, 0.717) is 0 Å². The molecule has 0 N–H and O–H groups in total. The SMILES string of the molecule is CC(C)=C1C2CCC1CC(C(C)C)C2.CC(C)=C1CC2CCC(C1)C2C(C)C. The molecule has 4 aliphatic rings. The number of fused-ring (bicyclic) bond motifs is 4. The molecule has 0 aromatic heterocycles. The Morgan fingerprint density at radius 3 is 1.54 bits per heavy atom. The number of rotatable bonds is 2. The molecule has 4 aliphatic carbocycles. The highest BCUT2D eigenvalue weighted by Crippen LogP contribution is 2.52. The van der Waals surface area contributed by atoms with E-state index in [1.54, 1.807) is 16.7 Å². The van der Waals surface area contributed by atoms with E-state index < -0.39 is 0 Å². The minimum atomic E-state index is 0.900. The first-order valence-electron chi connectivity index (χ1n) is 12.5. The molecule has 4 bridgehead atoms. The minimum absolute atomic E-state index is 0.900. The van der Waals surface area contributed by atoms with Gasteiger partial charge in [0, 0.05) is 0 Å². The van der Waals surface area contributed by atoms with Crippen LogP contribution in [0.5, 0.6) is 0 Å². The van der Waals surface area contributed by atoms with E-state index >= 15 is 0 Å². The van der Waals surface area contributed by atoms with Gasteiger partial charge >= 0.3 is 0 Å². The van der Waals surface area contributed by atoms with Gasteiger partial charge in [-0.15, -0.1) is 0 Å². The second kappa shape index (κ2) is 9.09. The van der Waals surface area contributed by atoms with Crippen LogP contribution in [0.25, 0.3) is 0 Å². The lowest BCUT2D eigenvalue weighted by Crippen LogP contribution is -2.26. The van der Waals surface area contributed by atoms with Gasteiger partial charge in [0.15, 0.2) is 0 Å². The molecule has 0 radical (unpaired) electrons. The average molecular weight is 385 g/mol. The summed E-state index contributed by atoms with van der Waals surface area (Å²) in [5, 5.41) is 0. The Morgan fingerprint density at radius 1 is 0.679 bits per heavy atom. The second-order valence-corrected chi connectivity index (χ2v) is 11.8. The molecule has 0 heterocycles. The number of hydrogen-bond donors (Lipinski definition) is 0. The molecule has 4 atom stereocenters. The van der Waals surface area contributed by atoms with Crippen molar-refractivity contribution in [2.24, 2.45) is 47.3 Å². The second-order valence-electron chi connectivity index (χ2n) is 11.8. The summed E-state index contributed by atoms with van der Waals surface area (Å²) in [6, 6.07) is 0. The van der Waals surface area contributed by atoms with Crippen LogP contribution in [0.2, 0.25) is 0 Å². The Balaban J connectivity index is 0.000000161. The monoisotopic (exact) mass is 384 g/mol. The largest absolute Gasteiger partial charge is 0.0772 e. The molecule has 28 heavy (non-hydrogen) atoms. The van der Waals surface area contributed by atoms with Crippen LogP contribution in [-0.4, -0.2) is 0 Å². The van der Waals surface area contributed by atoms with Crippen LogP contribution in [-0.2, 0) is 0 Å². The first-order chi connectivity index (χ1) is 13.2. The van der Waals surface area contributed by atoms with Gasteiger partial charge in [-0.05, 0) is 126 Å². The van der Waals surface area contributed by atoms with Crippen LogP contribution < -0.4 is 0 Å². The zero-order chi connectivity index (χ0) is 20.6. The summed E-state index contributed by atoms with van der Waals surface area (Å²) in [6.45, 7) is 18.9. The maximum Gasteiger partial charge on any atom is -0.0195 e. The van der Waals surface area contributed by atoms with E-state index in [-0.39, 0.29) is 0 Å². The minimum Gasteiger partial charge on any atom is -0.0772 e. The first kappa shape index (κ1) is 22.2. The van der Waals surface area contributed by atoms with Gasteiger partial charge in [-0.2, -0.15) is 0 Å². The van der Waals surface area contributed by atoms with Crippen molar-refractivity contribution >= 4 is 0 Å². The van der Waals surface area contributed by atoms with Gasteiger partial charge in [-0.3, -0.25) is 0 Å². The third-order valence-corrected chi connectivity index (χ3v) is 8.93. The maximum atomic E-state index is 2.42. The maximum absolute atomic E-state index is 2.42. The molecule has 0 amide bonds. The highest BCUT2D eigenvalue weighted by Gasteiger charge is 2.42. The summed E-state index contributed by atoms with van der Waals surface area (Å²) in [7, 11) is 0. The highest BCUT2D eigenvalue weighted by atomic mass is 14.5. The summed E-state index contributed by atoms with van der Waals surface area (Å²) >= 11 is 0. The van der Waals surface area contributed by atoms with E-state index in [2.05, 4.69) is 55.4 Å². The first-order valence-corrected chi connectivity index (χ1v) is 12.5. The van der Waals surface area contributed by atoms with Gasteiger partial charge in [0.05, 0.1) is 0 Å². The van der Waals surface area contributed by atoms with Crippen molar-refractivity contribution in [1.29, 1.82) is 0 Å². The molecular formula is C28H48. The van der Waals surface area contributed by atoms with Crippen LogP contribution in [0.15, 0.2) is 22.3 Å². The van der Waals surface area contributed by atoms with Crippen LogP contribution in [0.3, 0.4) is 0 Å². The molecule has 0 spiro atoms. The quantitative estimate of drug-likeness (QED) is 0.417. The molecule has 4 rings (SSSR count). The summed E-state index contributed by atoms with van der Waals surface area (Å²) < 4.78 is 0. The molecule has 4 saturated carbocycles. The molecule has 0 aromatic rings. The molecular weight excluding hydrogens is 336 g/mol. The highest BCUT2D eigenvalue weighted by molar-refractivity contribution is 5.23. The van der Waals surface area contributed by atoms with Crippen molar-refractivity contribution in [2.45, 2.75) is 107 Å². The van der Waals surface area contributed by atoms with Crippen molar-refractivity contribution in [3.8, 4) is 0 Å². The van der Waals surface area contributed by atoms with E-state index in [4.69, 9.17) is 0 Å². The van der Waals surface area contributed by atoms with Gasteiger partial charge < -0.3 is 0 Å². The summed E-state index contributed by atoms with van der Waals surface area (Å²) in [5.41, 5.74) is 6.86. The molecule has 0 aliphatic heterocycles. The van der Waals surface area contributed by atoms with Crippen LogP contribution >= 0.6 is 0 Å². The predicted octanol–water partition coefficient (Wildman–Crippen LogP) is 8.83. The Labute approximate surface area is 176 Å². The van der Waals surface area contributed by atoms with Crippen molar-refractivity contribution in [3.63, 3.8) is 0 Å². The van der Waals surface area contributed by atoms with Gasteiger partial charge in [-0.1, -0.05) is 50.0 Å². The number of allylic oxidation sites excluding steroid dienone is 4. The van der Waals surface area contributed by atoms with Crippen molar-refractivity contribution in [1.82, 2.24) is 0 Å². The summed E-state index contributed by atoms with van der Waals surface area (Å²) in [5.74, 6) is 7.84. The predicted molar refractivity (Wildman–Crippen MR) is 124 cm³/mol. The average Bonchev–Trinajstić information content (AvgIpc) is 3.04. The normalized spacial score (nSPS) is 36.6.